The van der Waals surface area contributed by atoms with Crippen LogP contribution in [-0.2, 0) is 11.8 Å². The maximum Gasteiger partial charge on any atom is 0.226 e. The van der Waals surface area contributed by atoms with Crippen molar-refractivity contribution in [3.63, 3.8) is 0 Å². The van der Waals surface area contributed by atoms with E-state index in [0.29, 0.717) is 0 Å². The van der Waals surface area contributed by atoms with Crippen LogP contribution in [0.25, 0.3) is 0 Å². The minimum absolute atomic E-state index is 0.211. The quantitative estimate of drug-likeness (QED) is 0.803. The zero-order valence-electron chi connectivity index (χ0n) is 9.49. The van der Waals surface area contributed by atoms with Crippen LogP contribution in [-0.4, -0.2) is 16.2 Å². The van der Waals surface area contributed by atoms with E-state index in [-0.39, 0.29) is 11.5 Å². The van der Waals surface area contributed by atoms with Gasteiger partial charge in [0.1, 0.15) is 0 Å². The lowest BCUT2D eigenvalue weighted by atomic mass is 10.1. The number of rotatable bonds is 5. The molecule has 0 spiro atoms. The van der Waals surface area contributed by atoms with Crippen LogP contribution < -0.4 is 5.73 Å². The van der Waals surface area contributed by atoms with Crippen molar-refractivity contribution in [2.24, 2.45) is 5.73 Å². The molecule has 1 aliphatic rings. The van der Waals surface area contributed by atoms with Crippen molar-refractivity contribution in [1.29, 1.82) is 0 Å². The number of hydrogen-bond acceptors (Lipinski definition) is 4. The average molecular weight is 209 g/mol. The molecule has 1 heterocycles. The third-order valence-corrected chi connectivity index (χ3v) is 3.06. The highest BCUT2D eigenvalue weighted by Crippen LogP contribution is 2.45. The minimum Gasteiger partial charge on any atom is -0.339 e. The predicted molar refractivity (Wildman–Crippen MR) is 57.5 cm³/mol. The smallest absolute Gasteiger partial charge is 0.226 e. The second kappa shape index (κ2) is 3.93. The van der Waals surface area contributed by atoms with Gasteiger partial charge in [-0.05, 0) is 32.6 Å². The van der Waals surface area contributed by atoms with Crippen molar-refractivity contribution in [2.75, 3.05) is 0 Å². The molecule has 0 bridgehead atoms. The number of nitrogens with two attached hydrogens (primary N) is 1. The van der Waals surface area contributed by atoms with Gasteiger partial charge >= 0.3 is 0 Å². The number of aromatic nitrogens is 2. The van der Waals surface area contributed by atoms with E-state index in [1.54, 1.807) is 0 Å². The molecule has 15 heavy (non-hydrogen) atoms. The monoisotopic (exact) mass is 209 g/mol. The second-order valence-corrected chi connectivity index (χ2v) is 4.94. The molecule has 1 atom stereocenters. The Labute approximate surface area is 90.2 Å². The Morgan fingerprint density at radius 3 is 2.87 bits per heavy atom. The lowest BCUT2D eigenvalue weighted by molar-refractivity contribution is 0.364. The Bertz CT molecular complexity index is 328. The predicted octanol–water partition coefficient (Wildman–Crippen LogP) is 1.79. The lowest BCUT2D eigenvalue weighted by Gasteiger charge is -2.01. The summed E-state index contributed by atoms with van der Waals surface area (Å²) in [5.41, 5.74) is 5.89. The number of aryl methyl sites for hydroxylation is 1. The molecule has 2 rings (SSSR count). The summed E-state index contributed by atoms with van der Waals surface area (Å²) in [5, 5.41) is 4.03. The highest BCUT2D eigenvalue weighted by molar-refractivity contribution is 5.14. The van der Waals surface area contributed by atoms with E-state index in [9.17, 15) is 0 Å². The molecule has 1 aromatic rings. The molecule has 0 aliphatic heterocycles. The van der Waals surface area contributed by atoms with E-state index in [4.69, 9.17) is 10.3 Å². The van der Waals surface area contributed by atoms with Gasteiger partial charge in [-0.2, -0.15) is 4.98 Å². The first kappa shape index (κ1) is 10.6. The summed E-state index contributed by atoms with van der Waals surface area (Å²) in [6, 6.07) is 0.258. The molecule has 84 valence electrons. The Morgan fingerprint density at radius 2 is 2.27 bits per heavy atom. The van der Waals surface area contributed by atoms with Gasteiger partial charge in [0.2, 0.25) is 5.89 Å². The van der Waals surface area contributed by atoms with Crippen molar-refractivity contribution in [1.82, 2.24) is 10.1 Å². The average Bonchev–Trinajstić information content (AvgIpc) is 2.76. The fourth-order valence-corrected chi connectivity index (χ4v) is 1.59. The van der Waals surface area contributed by atoms with Gasteiger partial charge in [-0.3, -0.25) is 0 Å². The Kier molecular flexibility index (Phi) is 2.78. The summed E-state index contributed by atoms with van der Waals surface area (Å²) in [4.78, 5) is 4.42. The van der Waals surface area contributed by atoms with Gasteiger partial charge in [-0.15, -0.1) is 0 Å². The first-order valence-electron chi connectivity index (χ1n) is 5.69. The van der Waals surface area contributed by atoms with E-state index in [1.165, 1.54) is 12.8 Å². The fourth-order valence-electron chi connectivity index (χ4n) is 1.59. The molecule has 2 N–H and O–H groups in total. The molecular weight excluding hydrogens is 190 g/mol. The van der Waals surface area contributed by atoms with Crippen LogP contribution >= 0.6 is 0 Å². The fraction of sp³-hybridized carbons (Fsp3) is 0.818. The lowest BCUT2D eigenvalue weighted by Crippen LogP contribution is -2.14. The standard InChI is InChI=1S/C11H19N3O/c1-8(12)4-3-5-9-13-10(14-15-9)11(2)6-7-11/h8H,3-7,12H2,1-2H3. The van der Waals surface area contributed by atoms with Crippen molar-refractivity contribution in [3.05, 3.63) is 11.7 Å². The zero-order valence-corrected chi connectivity index (χ0v) is 9.49. The molecule has 0 aromatic carbocycles. The van der Waals surface area contributed by atoms with Crippen LogP contribution in [0.5, 0.6) is 0 Å². The third kappa shape index (κ3) is 2.56. The van der Waals surface area contributed by atoms with Crippen LogP contribution in [0.4, 0.5) is 0 Å². The largest absolute Gasteiger partial charge is 0.339 e. The summed E-state index contributed by atoms with van der Waals surface area (Å²) in [6.07, 6.45) is 5.26. The van der Waals surface area contributed by atoms with Gasteiger partial charge in [-0.1, -0.05) is 12.1 Å². The minimum atomic E-state index is 0.211. The van der Waals surface area contributed by atoms with E-state index in [1.807, 2.05) is 6.92 Å². The molecule has 0 amide bonds. The third-order valence-electron chi connectivity index (χ3n) is 3.06. The van der Waals surface area contributed by atoms with Crippen LogP contribution in [0.1, 0.15) is 51.2 Å². The number of nitrogens with zero attached hydrogens (tertiary/aromatic N) is 2. The summed E-state index contributed by atoms with van der Waals surface area (Å²) in [5.74, 6) is 1.65. The normalized spacial score (nSPS) is 20.2. The van der Waals surface area contributed by atoms with Crippen molar-refractivity contribution in [2.45, 2.75) is 57.4 Å². The first-order valence-corrected chi connectivity index (χ1v) is 5.69. The Morgan fingerprint density at radius 1 is 1.53 bits per heavy atom. The Balaban J connectivity index is 1.85. The van der Waals surface area contributed by atoms with Crippen molar-refractivity contribution in [3.8, 4) is 0 Å². The van der Waals surface area contributed by atoms with Crippen LogP contribution in [0, 0.1) is 0 Å². The molecule has 4 nitrogen and oxygen atoms in total. The molecule has 1 aliphatic carbocycles. The molecule has 0 radical (unpaired) electrons. The molecule has 0 saturated heterocycles. The SMILES string of the molecule is CC(N)CCCc1nc(C2(C)CC2)no1. The maximum absolute atomic E-state index is 5.67. The van der Waals surface area contributed by atoms with Crippen molar-refractivity contribution >= 4 is 0 Å². The van der Waals surface area contributed by atoms with Crippen LogP contribution in [0.15, 0.2) is 4.52 Å². The Hall–Kier alpha value is -0.900. The second-order valence-electron chi connectivity index (χ2n) is 4.94. The highest BCUT2D eigenvalue weighted by atomic mass is 16.5. The molecule has 1 saturated carbocycles. The van der Waals surface area contributed by atoms with Gasteiger partial charge < -0.3 is 10.3 Å². The summed E-state index contributed by atoms with van der Waals surface area (Å²) in [7, 11) is 0. The summed E-state index contributed by atoms with van der Waals surface area (Å²) < 4.78 is 5.21. The topological polar surface area (TPSA) is 64.9 Å². The van der Waals surface area contributed by atoms with E-state index in [0.717, 1.165) is 31.0 Å². The zero-order chi connectivity index (χ0) is 10.9. The highest BCUT2D eigenvalue weighted by Gasteiger charge is 2.43. The summed E-state index contributed by atoms with van der Waals surface area (Å²) in [6.45, 7) is 4.20. The number of hydrogen-bond donors (Lipinski definition) is 1. The van der Waals surface area contributed by atoms with Crippen molar-refractivity contribution < 1.29 is 4.52 Å². The van der Waals surface area contributed by atoms with E-state index >= 15 is 0 Å². The first-order chi connectivity index (χ1) is 7.10. The maximum atomic E-state index is 5.67. The molecule has 1 unspecified atom stereocenters. The van der Waals surface area contributed by atoms with E-state index < -0.39 is 0 Å². The molecular formula is C11H19N3O. The molecule has 1 aromatic heterocycles. The van der Waals surface area contributed by atoms with E-state index in [2.05, 4.69) is 17.1 Å². The van der Waals surface area contributed by atoms with Gasteiger partial charge in [0, 0.05) is 17.9 Å². The molecule has 1 fully saturated rings. The van der Waals surface area contributed by atoms with Gasteiger partial charge in [-0.25, -0.2) is 0 Å². The van der Waals surface area contributed by atoms with Gasteiger partial charge in [0.05, 0.1) is 0 Å². The van der Waals surface area contributed by atoms with Gasteiger partial charge in [0.15, 0.2) is 5.82 Å². The summed E-state index contributed by atoms with van der Waals surface area (Å²) >= 11 is 0. The molecule has 4 heteroatoms. The van der Waals surface area contributed by atoms with Crippen LogP contribution in [0.3, 0.4) is 0 Å². The van der Waals surface area contributed by atoms with Crippen LogP contribution in [0.2, 0.25) is 0 Å². The van der Waals surface area contributed by atoms with Gasteiger partial charge in [0.25, 0.3) is 0 Å².